The zero-order chi connectivity index (χ0) is 26.5. The SMILES string of the molecule is C=Cc1oc2c(-c3ccc4[nH]c5ccc(C6CC=CC(c7ccccc7)=C6O)cc5c4c3)cccc2c1C=C. The van der Waals surface area contributed by atoms with Crippen LogP contribution in [-0.4, -0.2) is 10.1 Å². The zero-order valence-electron chi connectivity index (χ0n) is 21.4. The average Bonchev–Trinajstić information content (AvgIpc) is 3.54. The van der Waals surface area contributed by atoms with Crippen molar-refractivity contribution in [3.63, 3.8) is 0 Å². The molecule has 2 aromatic heterocycles. The lowest BCUT2D eigenvalue weighted by molar-refractivity contribution is 0.369. The number of aliphatic hydroxyl groups excluding tert-OH is 1. The number of para-hydroxylation sites is 1. The maximum atomic E-state index is 11.3. The molecule has 6 aromatic rings. The fraction of sp³-hybridized carbons (Fsp3) is 0.0556. The van der Waals surface area contributed by atoms with E-state index >= 15 is 0 Å². The second-order valence-corrected chi connectivity index (χ2v) is 10.0. The standard InChI is InChI=1S/C36H27NO2/c1-3-25-29-15-9-14-28(36(29)39-34(25)4-2)24-17-19-33-31(21-24)30-20-23(16-18-32(30)37-33)27-13-8-12-26(35(27)38)22-10-6-5-7-11-22/h3-12,14-21,27,37-38H,1-2,13H2. The van der Waals surface area contributed by atoms with Gasteiger partial charge in [0.25, 0.3) is 0 Å². The summed E-state index contributed by atoms with van der Waals surface area (Å²) in [5.74, 6) is 1.06. The average molecular weight is 506 g/mol. The van der Waals surface area contributed by atoms with Gasteiger partial charge in [0.2, 0.25) is 0 Å². The quantitative estimate of drug-likeness (QED) is 0.245. The molecule has 0 radical (unpaired) electrons. The van der Waals surface area contributed by atoms with Crippen molar-refractivity contribution in [1.29, 1.82) is 0 Å². The topological polar surface area (TPSA) is 49.2 Å². The third kappa shape index (κ3) is 3.66. The molecule has 7 rings (SSSR count). The maximum absolute atomic E-state index is 11.3. The number of furan rings is 1. The Morgan fingerprint density at radius 3 is 2.38 bits per heavy atom. The highest BCUT2D eigenvalue weighted by Crippen LogP contribution is 2.40. The van der Waals surface area contributed by atoms with E-state index in [1.807, 2.05) is 42.5 Å². The normalized spacial score (nSPS) is 15.4. The summed E-state index contributed by atoms with van der Waals surface area (Å²) in [6, 6.07) is 29.2. The van der Waals surface area contributed by atoms with E-state index in [4.69, 9.17) is 4.42 Å². The van der Waals surface area contributed by atoms with Crippen molar-refractivity contribution in [2.24, 2.45) is 0 Å². The van der Waals surface area contributed by atoms with Gasteiger partial charge >= 0.3 is 0 Å². The van der Waals surface area contributed by atoms with E-state index in [0.29, 0.717) is 5.76 Å². The molecule has 188 valence electrons. The molecule has 2 N–H and O–H groups in total. The van der Waals surface area contributed by atoms with Crippen LogP contribution in [0.2, 0.25) is 0 Å². The second kappa shape index (κ2) is 9.07. The van der Waals surface area contributed by atoms with Gasteiger partial charge in [0.05, 0.1) is 0 Å². The van der Waals surface area contributed by atoms with Crippen LogP contribution in [0.1, 0.15) is 34.8 Å². The van der Waals surface area contributed by atoms with Crippen LogP contribution >= 0.6 is 0 Å². The molecule has 39 heavy (non-hydrogen) atoms. The van der Waals surface area contributed by atoms with E-state index in [9.17, 15) is 5.11 Å². The van der Waals surface area contributed by atoms with Crippen molar-refractivity contribution in [1.82, 2.24) is 4.98 Å². The fourth-order valence-electron chi connectivity index (χ4n) is 5.91. The Bertz CT molecular complexity index is 1980. The van der Waals surface area contributed by atoms with E-state index in [-0.39, 0.29) is 5.92 Å². The van der Waals surface area contributed by atoms with Crippen molar-refractivity contribution in [2.45, 2.75) is 12.3 Å². The number of fused-ring (bicyclic) bond motifs is 4. The summed E-state index contributed by atoms with van der Waals surface area (Å²) in [7, 11) is 0. The first-order valence-electron chi connectivity index (χ1n) is 13.2. The third-order valence-electron chi connectivity index (χ3n) is 7.86. The van der Waals surface area contributed by atoms with Crippen LogP contribution in [0, 0.1) is 0 Å². The lowest BCUT2D eigenvalue weighted by Crippen LogP contribution is -2.07. The monoisotopic (exact) mass is 505 g/mol. The van der Waals surface area contributed by atoms with Gasteiger partial charge in [-0.2, -0.15) is 0 Å². The van der Waals surface area contributed by atoms with Crippen LogP contribution in [0.5, 0.6) is 0 Å². The van der Waals surface area contributed by atoms with Gasteiger partial charge in [-0.1, -0.05) is 92.0 Å². The highest BCUT2D eigenvalue weighted by Gasteiger charge is 2.23. The van der Waals surface area contributed by atoms with Crippen LogP contribution in [0.4, 0.5) is 0 Å². The van der Waals surface area contributed by atoms with Gasteiger partial charge in [0.15, 0.2) is 0 Å². The van der Waals surface area contributed by atoms with Crippen molar-refractivity contribution in [3.05, 3.63) is 138 Å². The molecule has 0 aliphatic heterocycles. The van der Waals surface area contributed by atoms with Crippen molar-refractivity contribution in [3.8, 4) is 11.1 Å². The van der Waals surface area contributed by atoms with E-state index < -0.39 is 0 Å². The van der Waals surface area contributed by atoms with Gasteiger partial charge in [-0.15, -0.1) is 0 Å². The molecule has 0 bridgehead atoms. The number of H-pyrrole nitrogens is 1. The number of allylic oxidation sites excluding steroid dienone is 4. The molecule has 1 atom stereocenters. The number of aromatic nitrogens is 1. The first-order valence-corrected chi connectivity index (χ1v) is 13.2. The molecular weight excluding hydrogens is 478 g/mol. The Labute approximate surface area is 226 Å². The first-order chi connectivity index (χ1) is 19.2. The minimum atomic E-state index is -0.0887. The highest BCUT2D eigenvalue weighted by molar-refractivity contribution is 6.10. The molecule has 1 aliphatic rings. The molecule has 0 saturated carbocycles. The van der Waals surface area contributed by atoms with Crippen LogP contribution in [0.25, 0.3) is 61.6 Å². The van der Waals surface area contributed by atoms with E-state index in [2.05, 4.69) is 78.8 Å². The molecule has 4 aromatic carbocycles. The van der Waals surface area contributed by atoms with Crippen LogP contribution in [-0.2, 0) is 0 Å². The summed E-state index contributed by atoms with van der Waals surface area (Å²) >= 11 is 0. The Hall–Kier alpha value is -5.02. The summed E-state index contributed by atoms with van der Waals surface area (Å²) in [5, 5.41) is 14.6. The number of hydrogen-bond donors (Lipinski definition) is 2. The predicted octanol–water partition coefficient (Wildman–Crippen LogP) is 10.0. The summed E-state index contributed by atoms with van der Waals surface area (Å²) in [6.07, 6.45) is 8.51. The number of nitrogens with one attached hydrogen (secondary N) is 1. The zero-order valence-corrected chi connectivity index (χ0v) is 21.4. The second-order valence-electron chi connectivity index (χ2n) is 10.0. The van der Waals surface area contributed by atoms with E-state index in [1.165, 1.54) is 0 Å². The molecule has 1 unspecified atom stereocenters. The summed E-state index contributed by atoms with van der Waals surface area (Å²) in [5.41, 5.74) is 9.06. The van der Waals surface area contributed by atoms with E-state index in [1.54, 1.807) is 6.08 Å². The number of aromatic amines is 1. The van der Waals surface area contributed by atoms with E-state index in [0.717, 1.165) is 78.3 Å². The third-order valence-corrected chi connectivity index (χ3v) is 7.86. The highest BCUT2D eigenvalue weighted by atomic mass is 16.3. The summed E-state index contributed by atoms with van der Waals surface area (Å²) < 4.78 is 6.23. The van der Waals surface area contributed by atoms with Gasteiger partial charge in [-0.3, -0.25) is 0 Å². The Balaban J connectivity index is 1.36. The maximum Gasteiger partial charge on any atom is 0.143 e. The molecule has 3 heteroatoms. The summed E-state index contributed by atoms with van der Waals surface area (Å²) in [4.78, 5) is 3.56. The van der Waals surface area contributed by atoms with Crippen molar-refractivity contribution < 1.29 is 9.52 Å². The lowest BCUT2D eigenvalue weighted by Gasteiger charge is -2.22. The molecule has 3 nitrogen and oxygen atoms in total. The molecule has 0 fully saturated rings. The van der Waals surface area contributed by atoms with Gasteiger partial charge in [-0.05, 0) is 53.5 Å². The Kier molecular flexibility index (Phi) is 5.38. The molecular formula is C36H27NO2. The minimum absolute atomic E-state index is 0.0887. The van der Waals surface area contributed by atoms with Crippen molar-refractivity contribution >= 4 is 50.5 Å². The van der Waals surface area contributed by atoms with Crippen LogP contribution in [0.3, 0.4) is 0 Å². The number of rotatable bonds is 5. The number of hydrogen-bond acceptors (Lipinski definition) is 2. The molecule has 2 heterocycles. The predicted molar refractivity (Wildman–Crippen MR) is 164 cm³/mol. The summed E-state index contributed by atoms with van der Waals surface area (Å²) in [6.45, 7) is 7.88. The number of aliphatic hydroxyl groups is 1. The minimum Gasteiger partial charge on any atom is -0.511 e. The van der Waals surface area contributed by atoms with Gasteiger partial charge in [-0.25, -0.2) is 0 Å². The Morgan fingerprint density at radius 1 is 0.795 bits per heavy atom. The molecule has 0 spiro atoms. The Morgan fingerprint density at radius 2 is 1.59 bits per heavy atom. The number of benzene rings is 4. The van der Waals surface area contributed by atoms with Crippen LogP contribution in [0.15, 0.2) is 120 Å². The lowest BCUT2D eigenvalue weighted by atomic mass is 9.85. The first kappa shape index (κ1) is 23.1. The van der Waals surface area contributed by atoms with Gasteiger partial charge in [0, 0.05) is 49.8 Å². The van der Waals surface area contributed by atoms with Gasteiger partial charge < -0.3 is 14.5 Å². The van der Waals surface area contributed by atoms with Crippen molar-refractivity contribution in [2.75, 3.05) is 0 Å². The largest absolute Gasteiger partial charge is 0.511 e. The fourth-order valence-corrected chi connectivity index (χ4v) is 5.91. The smallest absolute Gasteiger partial charge is 0.143 e. The van der Waals surface area contributed by atoms with Crippen LogP contribution < -0.4 is 0 Å². The molecule has 0 amide bonds. The molecule has 1 aliphatic carbocycles. The molecule has 0 saturated heterocycles. The van der Waals surface area contributed by atoms with Gasteiger partial charge in [0.1, 0.15) is 17.1 Å².